The van der Waals surface area contributed by atoms with Crippen molar-refractivity contribution in [3.05, 3.63) is 51.8 Å². The van der Waals surface area contributed by atoms with Crippen molar-refractivity contribution in [3.63, 3.8) is 0 Å². The predicted molar refractivity (Wildman–Crippen MR) is 125 cm³/mol. The fourth-order valence-corrected chi connectivity index (χ4v) is 6.18. The molecule has 1 aromatic carbocycles. The average Bonchev–Trinajstić information content (AvgIpc) is 3.15. The van der Waals surface area contributed by atoms with Gasteiger partial charge < -0.3 is 9.30 Å². The summed E-state index contributed by atoms with van der Waals surface area (Å²) < 4.78 is 33.2. The first-order valence-corrected chi connectivity index (χ1v) is 12.8. The molecule has 1 aliphatic heterocycles. The lowest BCUT2D eigenvalue weighted by Gasteiger charge is -2.38. The van der Waals surface area contributed by atoms with E-state index in [1.54, 1.807) is 30.1 Å². The number of methoxy groups -OCH3 is 1. The van der Waals surface area contributed by atoms with E-state index in [9.17, 15) is 13.2 Å². The first-order chi connectivity index (χ1) is 14.7. The average molecular weight is 462 g/mol. The lowest BCUT2D eigenvalue weighted by atomic mass is 10.1. The van der Waals surface area contributed by atoms with E-state index >= 15 is 0 Å². The number of fused-ring (bicyclic) bond motifs is 1. The summed E-state index contributed by atoms with van der Waals surface area (Å²) >= 11 is 1.63. The summed E-state index contributed by atoms with van der Waals surface area (Å²) in [6.45, 7) is 4.39. The molecule has 166 valence electrons. The summed E-state index contributed by atoms with van der Waals surface area (Å²) in [6, 6.07) is 9.94. The van der Waals surface area contributed by atoms with Crippen molar-refractivity contribution >= 4 is 31.4 Å². The van der Waals surface area contributed by atoms with Gasteiger partial charge in [0.15, 0.2) is 0 Å². The minimum Gasteiger partial charge on any atom is -0.497 e. The van der Waals surface area contributed by atoms with Crippen LogP contribution >= 0.6 is 11.3 Å². The van der Waals surface area contributed by atoms with Crippen LogP contribution in [-0.2, 0) is 23.6 Å². The number of piperazine rings is 1. The third-order valence-corrected chi connectivity index (χ3v) is 8.26. The van der Waals surface area contributed by atoms with Gasteiger partial charge in [0.1, 0.15) is 5.75 Å². The number of aryl methyl sites for hydroxylation is 1. The van der Waals surface area contributed by atoms with Crippen molar-refractivity contribution in [2.45, 2.75) is 19.5 Å². The van der Waals surface area contributed by atoms with E-state index in [-0.39, 0.29) is 11.6 Å². The molecule has 4 rings (SSSR count). The van der Waals surface area contributed by atoms with E-state index in [2.05, 4.69) is 4.90 Å². The second-order valence-electron chi connectivity index (χ2n) is 8.09. The SMILES string of the molecule is COc1cccc(-c2cn(C)c(=O)c3cc(CN4CCN(S(C)(=O)=O)C[C@H]4C)sc23)c1. The Morgan fingerprint density at radius 1 is 1.23 bits per heavy atom. The first kappa shape index (κ1) is 22.0. The predicted octanol–water partition coefficient (Wildman–Crippen LogP) is 2.74. The van der Waals surface area contributed by atoms with Crippen LogP contribution in [0.4, 0.5) is 0 Å². The lowest BCUT2D eigenvalue weighted by Crippen LogP contribution is -2.52. The molecule has 31 heavy (non-hydrogen) atoms. The highest BCUT2D eigenvalue weighted by molar-refractivity contribution is 7.88. The lowest BCUT2D eigenvalue weighted by molar-refractivity contribution is 0.123. The van der Waals surface area contributed by atoms with Gasteiger partial charge in [-0.2, -0.15) is 4.31 Å². The second kappa shape index (κ2) is 8.38. The van der Waals surface area contributed by atoms with E-state index in [0.717, 1.165) is 26.5 Å². The van der Waals surface area contributed by atoms with E-state index in [0.29, 0.717) is 31.6 Å². The largest absolute Gasteiger partial charge is 0.497 e. The monoisotopic (exact) mass is 461 g/mol. The highest BCUT2D eigenvalue weighted by Gasteiger charge is 2.29. The van der Waals surface area contributed by atoms with Crippen molar-refractivity contribution in [3.8, 4) is 16.9 Å². The van der Waals surface area contributed by atoms with Gasteiger partial charge in [-0.25, -0.2) is 8.42 Å². The van der Waals surface area contributed by atoms with E-state index in [1.165, 1.54) is 10.6 Å². The van der Waals surface area contributed by atoms with Crippen molar-refractivity contribution < 1.29 is 13.2 Å². The molecular formula is C22H27N3O4S2. The molecule has 3 aromatic rings. The number of benzene rings is 1. The summed E-state index contributed by atoms with van der Waals surface area (Å²) in [5.41, 5.74) is 1.99. The van der Waals surface area contributed by atoms with Crippen LogP contribution in [0, 0.1) is 0 Å². The molecule has 0 amide bonds. The number of thiophene rings is 1. The van der Waals surface area contributed by atoms with Crippen molar-refractivity contribution in [2.24, 2.45) is 7.05 Å². The van der Waals surface area contributed by atoms with Gasteiger partial charge in [0.25, 0.3) is 5.56 Å². The molecule has 9 heteroatoms. The number of pyridine rings is 1. The van der Waals surface area contributed by atoms with Gasteiger partial charge in [0, 0.05) is 60.6 Å². The Kier molecular flexibility index (Phi) is 5.95. The maximum absolute atomic E-state index is 12.8. The summed E-state index contributed by atoms with van der Waals surface area (Å²) in [4.78, 5) is 16.2. The van der Waals surface area contributed by atoms with E-state index in [4.69, 9.17) is 4.74 Å². The molecule has 0 saturated carbocycles. The molecule has 0 spiro atoms. The number of ether oxygens (including phenoxy) is 1. The zero-order valence-corrected chi connectivity index (χ0v) is 19.8. The summed E-state index contributed by atoms with van der Waals surface area (Å²) in [6.07, 6.45) is 3.14. The second-order valence-corrected chi connectivity index (χ2v) is 11.2. The zero-order valence-electron chi connectivity index (χ0n) is 18.2. The Morgan fingerprint density at radius 2 is 2.00 bits per heavy atom. The summed E-state index contributed by atoms with van der Waals surface area (Å²) in [5.74, 6) is 0.772. The van der Waals surface area contributed by atoms with Crippen LogP contribution in [-0.4, -0.2) is 61.2 Å². The van der Waals surface area contributed by atoms with Gasteiger partial charge in [-0.15, -0.1) is 11.3 Å². The fraction of sp³-hybridized carbons (Fsp3) is 0.409. The Bertz CT molecular complexity index is 1280. The highest BCUT2D eigenvalue weighted by atomic mass is 32.2. The standard InChI is InChI=1S/C22H27N3O4S2/c1-15-12-25(31(4,27)28)9-8-24(15)13-18-11-19-21(30-18)20(14-23(2)22(19)26)16-6-5-7-17(10-16)29-3/h5-7,10-11,14-15H,8-9,12-13H2,1-4H3/t15-/m1/s1. The van der Waals surface area contributed by atoms with Gasteiger partial charge in [0.2, 0.25) is 10.0 Å². The van der Waals surface area contributed by atoms with E-state index in [1.807, 2.05) is 43.5 Å². The van der Waals surface area contributed by atoms with Crippen LogP contribution in [0.15, 0.2) is 41.3 Å². The minimum absolute atomic E-state index is 0.0147. The van der Waals surface area contributed by atoms with Gasteiger partial charge in [-0.3, -0.25) is 9.69 Å². The molecule has 0 aliphatic carbocycles. The molecule has 0 bridgehead atoms. The fourth-order valence-electron chi connectivity index (χ4n) is 4.07. The maximum Gasteiger partial charge on any atom is 0.259 e. The quantitative estimate of drug-likeness (QED) is 0.584. The number of hydrogen-bond donors (Lipinski definition) is 0. The Hall–Kier alpha value is -2.20. The Labute approximate surface area is 186 Å². The number of nitrogens with zero attached hydrogens (tertiary/aromatic N) is 3. The molecule has 3 heterocycles. The van der Waals surface area contributed by atoms with Crippen LogP contribution < -0.4 is 10.3 Å². The normalized spacial score (nSPS) is 18.5. The Balaban J connectivity index is 1.68. The Morgan fingerprint density at radius 3 is 2.68 bits per heavy atom. The number of rotatable bonds is 5. The van der Waals surface area contributed by atoms with Crippen LogP contribution in [0.5, 0.6) is 5.75 Å². The zero-order chi connectivity index (χ0) is 22.3. The summed E-state index contributed by atoms with van der Waals surface area (Å²) in [5, 5.41) is 0.713. The summed E-state index contributed by atoms with van der Waals surface area (Å²) in [7, 11) is 0.242. The molecule has 7 nitrogen and oxygen atoms in total. The number of hydrogen-bond acceptors (Lipinski definition) is 6. The van der Waals surface area contributed by atoms with Crippen molar-refractivity contribution in [2.75, 3.05) is 33.0 Å². The number of aromatic nitrogens is 1. The third kappa shape index (κ3) is 4.41. The third-order valence-electron chi connectivity index (χ3n) is 5.84. The van der Waals surface area contributed by atoms with Gasteiger partial charge >= 0.3 is 0 Å². The molecule has 0 N–H and O–H groups in total. The van der Waals surface area contributed by atoms with Gasteiger partial charge in [-0.1, -0.05) is 12.1 Å². The molecule has 0 radical (unpaired) electrons. The van der Waals surface area contributed by atoms with Gasteiger partial charge in [0.05, 0.1) is 18.8 Å². The highest BCUT2D eigenvalue weighted by Crippen LogP contribution is 2.35. The molecule has 1 saturated heterocycles. The number of sulfonamides is 1. The molecule has 1 atom stereocenters. The van der Waals surface area contributed by atoms with Crippen LogP contribution in [0.2, 0.25) is 0 Å². The molecule has 0 unspecified atom stereocenters. The molecule has 2 aromatic heterocycles. The van der Waals surface area contributed by atoms with Crippen LogP contribution in [0.25, 0.3) is 21.2 Å². The minimum atomic E-state index is -3.17. The van der Waals surface area contributed by atoms with Crippen molar-refractivity contribution in [1.29, 1.82) is 0 Å². The smallest absolute Gasteiger partial charge is 0.259 e. The first-order valence-electron chi connectivity index (χ1n) is 10.1. The molecule has 1 aliphatic rings. The van der Waals surface area contributed by atoms with Crippen LogP contribution in [0.1, 0.15) is 11.8 Å². The maximum atomic E-state index is 12.8. The molecule has 1 fully saturated rings. The van der Waals surface area contributed by atoms with Crippen molar-refractivity contribution in [1.82, 2.24) is 13.8 Å². The molecular weight excluding hydrogens is 434 g/mol. The van der Waals surface area contributed by atoms with Crippen LogP contribution in [0.3, 0.4) is 0 Å². The van der Waals surface area contributed by atoms with E-state index < -0.39 is 10.0 Å². The topological polar surface area (TPSA) is 71.8 Å². The van der Waals surface area contributed by atoms with Gasteiger partial charge in [-0.05, 0) is 30.7 Å².